The summed E-state index contributed by atoms with van der Waals surface area (Å²) in [6.07, 6.45) is 4.99. The van der Waals surface area contributed by atoms with Crippen LogP contribution in [-0.2, 0) is 0 Å². The monoisotopic (exact) mass is 310 g/mol. The topological polar surface area (TPSA) is 64.4 Å². The van der Waals surface area contributed by atoms with Crippen molar-refractivity contribution in [1.29, 1.82) is 0 Å². The summed E-state index contributed by atoms with van der Waals surface area (Å²) in [6.45, 7) is 1.90. The van der Waals surface area contributed by atoms with Crippen LogP contribution in [0.25, 0.3) is 0 Å². The van der Waals surface area contributed by atoms with Gasteiger partial charge in [0.1, 0.15) is 5.75 Å². The molecule has 1 amide bonds. The van der Waals surface area contributed by atoms with Crippen LogP contribution in [0.4, 0.5) is 11.4 Å². The van der Waals surface area contributed by atoms with Crippen molar-refractivity contribution in [2.45, 2.75) is 38.7 Å². The molecule has 0 spiro atoms. The number of carbonyl (C=O) groups is 1. The number of carbonyl (C=O) groups excluding carboxylic acids is 1. The first kappa shape index (κ1) is 15.4. The number of anilines is 2. The molecule has 3 rings (SSSR count). The molecule has 0 radical (unpaired) electrons. The highest BCUT2D eigenvalue weighted by Crippen LogP contribution is 2.26. The molecule has 1 aliphatic carbocycles. The molecule has 0 unspecified atom stereocenters. The van der Waals surface area contributed by atoms with E-state index in [1.54, 1.807) is 12.1 Å². The smallest absolute Gasteiger partial charge is 0.256 e. The molecule has 0 saturated heterocycles. The van der Waals surface area contributed by atoms with E-state index in [4.69, 9.17) is 10.5 Å². The minimum Gasteiger partial charge on any atom is -0.490 e. The summed E-state index contributed by atoms with van der Waals surface area (Å²) >= 11 is 0. The van der Waals surface area contributed by atoms with Crippen molar-refractivity contribution in [3.8, 4) is 5.75 Å². The molecule has 23 heavy (non-hydrogen) atoms. The van der Waals surface area contributed by atoms with Crippen LogP contribution >= 0.6 is 0 Å². The van der Waals surface area contributed by atoms with Gasteiger partial charge in [-0.25, -0.2) is 0 Å². The number of nitrogens with two attached hydrogens (primary N) is 1. The molecule has 1 aliphatic rings. The van der Waals surface area contributed by atoms with Gasteiger partial charge in [-0.15, -0.1) is 0 Å². The van der Waals surface area contributed by atoms with Crippen LogP contribution in [0.5, 0.6) is 5.75 Å². The van der Waals surface area contributed by atoms with Gasteiger partial charge in [-0.2, -0.15) is 0 Å². The third-order valence-corrected chi connectivity index (χ3v) is 4.20. The SMILES string of the molecule is Cc1ccc(N)cc1C(=O)Nc1cccc(OC2CCCC2)c1. The Hall–Kier alpha value is -2.49. The van der Waals surface area contributed by atoms with Crippen molar-refractivity contribution in [2.75, 3.05) is 11.1 Å². The average molecular weight is 310 g/mol. The maximum absolute atomic E-state index is 12.4. The Morgan fingerprint density at radius 1 is 1.17 bits per heavy atom. The summed E-state index contributed by atoms with van der Waals surface area (Å²) in [6, 6.07) is 12.9. The van der Waals surface area contributed by atoms with Gasteiger partial charge in [0.15, 0.2) is 0 Å². The quantitative estimate of drug-likeness (QED) is 0.834. The van der Waals surface area contributed by atoms with E-state index in [9.17, 15) is 4.79 Å². The maximum atomic E-state index is 12.4. The van der Waals surface area contributed by atoms with Gasteiger partial charge in [-0.05, 0) is 62.4 Å². The highest BCUT2D eigenvalue weighted by Gasteiger charge is 2.17. The largest absolute Gasteiger partial charge is 0.490 e. The summed E-state index contributed by atoms with van der Waals surface area (Å²) < 4.78 is 5.97. The Bertz CT molecular complexity index is 706. The third kappa shape index (κ3) is 3.83. The summed E-state index contributed by atoms with van der Waals surface area (Å²) in [7, 11) is 0. The van der Waals surface area contributed by atoms with E-state index in [1.807, 2.05) is 37.3 Å². The lowest BCUT2D eigenvalue weighted by molar-refractivity contribution is 0.102. The van der Waals surface area contributed by atoms with Gasteiger partial charge < -0.3 is 15.8 Å². The molecule has 2 aromatic carbocycles. The number of hydrogen-bond acceptors (Lipinski definition) is 3. The van der Waals surface area contributed by atoms with Crippen LogP contribution in [0.2, 0.25) is 0 Å². The fourth-order valence-corrected chi connectivity index (χ4v) is 2.93. The van der Waals surface area contributed by atoms with Crippen molar-refractivity contribution >= 4 is 17.3 Å². The Balaban J connectivity index is 1.72. The van der Waals surface area contributed by atoms with E-state index in [-0.39, 0.29) is 5.91 Å². The van der Waals surface area contributed by atoms with Crippen LogP contribution < -0.4 is 15.8 Å². The number of nitrogens with one attached hydrogen (secondary N) is 1. The second-order valence-electron chi connectivity index (χ2n) is 6.08. The Morgan fingerprint density at radius 2 is 1.96 bits per heavy atom. The molecule has 2 aromatic rings. The highest BCUT2D eigenvalue weighted by molar-refractivity contribution is 6.05. The second-order valence-corrected chi connectivity index (χ2v) is 6.08. The van der Waals surface area contributed by atoms with E-state index in [2.05, 4.69) is 5.32 Å². The molecule has 0 aromatic heterocycles. The summed E-state index contributed by atoms with van der Waals surface area (Å²) in [5.41, 5.74) is 8.57. The van der Waals surface area contributed by atoms with Gasteiger partial charge in [-0.1, -0.05) is 12.1 Å². The summed E-state index contributed by atoms with van der Waals surface area (Å²) in [5.74, 6) is 0.645. The molecule has 0 atom stereocenters. The number of nitrogen functional groups attached to an aromatic ring is 1. The van der Waals surface area contributed by atoms with Gasteiger partial charge in [0.2, 0.25) is 0 Å². The molecule has 1 saturated carbocycles. The fourth-order valence-electron chi connectivity index (χ4n) is 2.93. The Labute approximate surface area is 136 Å². The van der Waals surface area contributed by atoms with Crippen LogP contribution in [0.3, 0.4) is 0 Å². The number of benzene rings is 2. The number of rotatable bonds is 4. The first-order valence-corrected chi connectivity index (χ1v) is 8.06. The zero-order chi connectivity index (χ0) is 16.2. The minimum atomic E-state index is -0.159. The fraction of sp³-hybridized carbons (Fsp3) is 0.316. The van der Waals surface area contributed by atoms with Crippen LogP contribution in [0.1, 0.15) is 41.6 Å². The van der Waals surface area contributed by atoms with Gasteiger partial charge in [0.25, 0.3) is 5.91 Å². The molecule has 120 valence electrons. The van der Waals surface area contributed by atoms with E-state index >= 15 is 0 Å². The molecule has 4 nitrogen and oxygen atoms in total. The molecular formula is C19H22N2O2. The van der Waals surface area contributed by atoms with Crippen LogP contribution in [-0.4, -0.2) is 12.0 Å². The van der Waals surface area contributed by atoms with Gasteiger partial charge in [-0.3, -0.25) is 4.79 Å². The van der Waals surface area contributed by atoms with E-state index in [1.165, 1.54) is 12.8 Å². The number of hydrogen-bond donors (Lipinski definition) is 2. The lowest BCUT2D eigenvalue weighted by Crippen LogP contribution is -2.14. The first-order chi connectivity index (χ1) is 11.1. The van der Waals surface area contributed by atoms with Crippen molar-refractivity contribution in [3.63, 3.8) is 0 Å². The van der Waals surface area contributed by atoms with Gasteiger partial charge in [0.05, 0.1) is 6.10 Å². The third-order valence-electron chi connectivity index (χ3n) is 4.20. The number of amides is 1. The van der Waals surface area contributed by atoms with Gasteiger partial charge >= 0.3 is 0 Å². The maximum Gasteiger partial charge on any atom is 0.256 e. The lowest BCUT2D eigenvalue weighted by Gasteiger charge is -2.14. The molecule has 0 aliphatic heterocycles. The molecule has 0 bridgehead atoms. The molecular weight excluding hydrogens is 288 g/mol. The highest BCUT2D eigenvalue weighted by atomic mass is 16.5. The standard InChI is InChI=1S/C19H22N2O2/c1-13-9-10-14(20)11-18(13)19(22)21-15-5-4-8-17(12-15)23-16-6-2-3-7-16/h4-5,8-12,16H,2-3,6-7,20H2,1H3,(H,21,22). The van der Waals surface area contributed by atoms with Crippen molar-refractivity contribution < 1.29 is 9.53 Å². The van der Waals surface area contributed by atoms with Crippen molar-refractivity contribution in [3.05, 3.63) is 53.6 Å². The normalized spacial score (nSPS) is 14.7. The predicted octanol–water partition coefficient (Wildman–Crippen LogP) is 4.15. The Morgan fingerprint density at radius 3 is 2.74 bits per heavy atom. The van der Waals surface area contributed by atoms with Crippen LogP contribution in [0.15, 0.2) is 42.5 Å². The molecule has 3 N–H and O–H groups in total. The second kappa shape index (κ2) is 6.73. The van der Waals surface area contributed by atoms with Gasteiger partial charge in [0, 0.05) is 23.0 Å². The van der Waals surface area contributed by atoms with E-state index in [0.717, 1.165) is 29.8 Å². The minimum absolute atomic E-state index is 0.159. The number of aryl methyl sites for hydroxylation is 1. The molecule has 4 heteroatoms. The van der Waals surface area contributed by atoms with Crippen LogP contribution in [0, 0.1) is 6.92 Å². The molecule has 0 heterocycles. The summed E-state index contributed by atoms with van der Waals surface area (Å²) in [5, 5.41) is 2.92. The Kier molecular flexibility index (Phi) is 4.51. The molecule has 1 fully saturated rings. The zero-order valence-corrected chi connectivity index (χ0v) is 13.3. The van der Waals surface area contributed by atoms with Crippen molar-refractivity contribution in [2.24, 2.45) is 0 Å². The van der Waals surface area contributed by atoms with Crippen molar-refractivity contribution in [1.82, 2.24) is 0 Å². The van der Waals surface area contributed by atoms with E-state index in [0.29, 0.717) is 17.4 Å². The average Bonchev–Trinajstić information content (AvgIpc) is 3.03. The number of ether oxygens (including phenoxy) is 1. The van der Waals surface area contributed by atoms with E-state index < -0.39 is 0 Å². The summed E-state index contributed by atoms with van der Waals surface area (Å²) in [4.78, 5) is 12.4. The first-order valence-electron chi connectivity index (χ1n) is 8.06. The zero-order valence-electron chi connectivity index (χ0n) is 13.3. The predicted molar refractivity (Wildman–Crippen MR) is 92.9 cm³/mol. The lowest BCUT2D eigenvalue weighted by atomic mass is 10.1.